The highest BCUT2D eigenvalue weighted by molar-refractivity contribution is 5.91. The molecule has 1 aromatic rings. The van der Waals surface area contributed by atoms with E-state index in [0.29, 0.717) is 6.42 Å². The van der Waals surface area contributed by atoms with Gasteiger partial charge >= 0.3 is 0 Å². The number of rotatable bonds is 1. The minimum absolute atomic E-state index is 0.150. The van der Waals surface area contributed by atoms with Crippen LogP contribution in [0.1, 0.15) is 37.7 Å². The molecule has 0 saturated carbocycles. The zero-order valence-corrected chi connectivity index (χ0v) is 10.6. The van der Waals surface area contributed by atoms with E-state index in [4.69, 9.17) is 0 Å². The zero-order chi connectivity index (χ0) is 12.4. The van der Waals surface area contributed by atoms with Crippen molar-refractivity contribution in [3.8, 4) is 0 Å². The van der Waals surface area contributed by atoms with Gasteiger partial charge < -0.3 is 0 Å². The molecule has 1 atom stereocenters. The van der Waals surface area contributed by atoms with E-state index in [-0.39, 0.29) is 11.2 Å². The van der Waals surface area contributed by atoms with Crippen molar-refractivity contribution in [1.29, 1.82) is 0 Å². The number of hydrogen-bond acceptors (Lipinski definition) is 1. The zero-order valence-electron chi connectivity index (χ0n) is 10.6. The highest BCUT2D eigenvalue weighted by Crippen LogP contribution is 2.43. The van der Waals surface area contributed by atoms with Crippen LogP contribution in [-0.4, -0.2) is 5.78 Å². The molecule has 0 bridgehead atoms. The van der Waals surface area contributed by atoms with Gasteiger partial charge in [-0.05, 0) is 42.9 Å². The largest absolute Gasteiger partial charge is 0.295 e. The van der Waals surface area contributed by atoms with Crippen LogP contribution in [0.25, 0.3) is 5.57 Å². The summed E-state index contributed by atoms with van der Waals surface area (Å²) in [6.45, 7) is 0. The summed E-state index contributed by atoms with van der Waals surface area (Å²) in [7, 11) is 0. The molecule has 92 valence electrons. The van der Waals surface area contributed by atoms with E-state index in [2.05, 4.69) is 42.5 Å². The SMILES string of the molecule is O=C1C=CC2(C=C(c3ccccc3)CCC2)CC1. The smallest absolute Gasteiger partial charge is 0.155 e. The van der Waals surface area contributed by atoms with Crippen LogP contribution in [0.3, 0.4) is 0 Å². The molecule has 0 fully saturated rings. The third-order valence-corrected chi connectivity index (χ3v) is 4.13. The van der Waals surface area contributed by atoms with Gasteiger partial charge in [-0.1, -0.05) is 42.5 Å². The van der Waals surface area contributed by atoms with Gasteiger partial charge in [0.2, 0.25) is 0 Å². The highest BCUT2D eigenvalue weighted by Gasteiger charge is 2.31. The van der Waals surface area contributed by atoms with Crippen molar-refractivity contribution >= 4 is 11.4 Å². The third kappa shape index (κ3) is 2.17. The highest BCUT2D eigenvalue weighted by atomic mass is 16.1. The molecular weight excluding hydrogens is 220 g/mol. The van der Waals surface area contributed by atoms with Crippen LogP contribution < -0.4 is 0 Å². The number of benzene rings is 1. The quantitative estimate of drug-likeness (QED) is 0.718. The maximum atomic E-state index is 11.3. The second kappa shape index (κ2) is 4.56. The fourth-order valence-corrected chi connectivity index (χ4v) is 3.09. The van der Waals surface area contributed by atoms with Gasteiger partial charge in [0.1, 0.15) is 0 Å². The molecule has 1 heteroatoms. The lowest BCUT2D eigenvalue weighted by Gasteiger charge is -2.34. The summed E-state index contributed by atoms with van der Waals surface area (Å²) >= 11 is 0. The van der Waals surface area contributed by atoms with Crippen LogP contribution in [0.2, 0.25) is 0 Å². The summed E-state index contributed by atoms with van der Waals surface area (Å²) in [5, 5.41) is 0. The number of carbonyl (C=O) groups is 1. The fraction of sp³-hybridized carbons (Fsp3) is 0.353. The second-order valence-corrected chi connectivity index (χ2v) is 5.42. The molecule has 1 aromatic carbocycles. The first-order chi connectivity index (χ1) is 8.77. The molecule has 0 heterocycles. The van der Waals surface area contributed by atoms with Gasteiger partial charge in [0.25, 0.3) is 0 Å². The number of carbonyl (C=O) groups excluding carboxylic acids is 1. The predicted molar refractivity (Wildman–Crippen MR) is 74.1 cm³/mol. The average molecular weight is 238 g/mol. The van der Waals surface area contributed by atoms with Crippen LogP contribution in [-0.2, 0) is 4.79 Å². The standard InChI is InChI=1S/C17H18O/c18-16-8-11-17(12-9-16)10-4-7-15(13-17)14-5-2-1-3-6-14/h1-3,5-6,8,11,13H,4,7,9-10,12H2. The monoisotopic (exact) mass is 238 g/mol. The van der Waals surface area contributed by atoms with Crippen molar-refractivity contribution < 1.29 is 4.79 Å². The van der Waals surface area contributed by atoms with Crippen molar-refractivity contribution in [2.24, 2.45) is 5.41 Å². The lowest BCUT2D eigenvalue weighted by molar-refractivity contribution is -0.115. The molecule has 1 spiro atoms. The Hall–Kier alpha value is -1.63. The molecule has 0 saturated heterocycles. The molecule has 1 unspecified atom stereocenters. The van der Waals surface area contributed by atoms with Crippen molar-refractivity contribution in [1.82, 2.24) is 0 Å². The Morgan fingerprint density at radius 3 is 2.56 bits per heavy atom. The molecule has 0 aliphatic heterocycles. The van der Waals surface area contributed by atoms with Gasteiger partial charge in [0.15, 0.2) is 5.78 Å². The van der Waals surface area contributed by atoms with E-state index >= 15 is 0 Å². The third-order valence-electron chi connectivity index (χ3n) is 4.13. The van der Waals surface area contributed by atoms with Crippen LogP contribution in [0.15, 0.2) is 48.6 Å². The summed E-state index contributed by atoms with van der Waals surface area (Å²) in [5.74, 6) is 0.279. The second-order valence-electron chi connectivity index (χ2n) is 5.42. The number of hydrogen-bond donors (Lipinski definition) is 0. The van der Waals surface area contributed by atoms with Gasteiger partial charge in [0.05, 0.1) is 0 Å². The van der Waals surface area contributed by atoms with E-state index in [1.54, 1.807) is 6.08 Å². The van der Waals surface area contributed by atoms with Crippen molar-refractivity contribution in [2.75, 3.05) is 0 Å². The minimum atomic E-state index is 0.150. The van der Waals surface area contributed by atoms with Crippen molar-refractivity contribution in [3.05, 3.63) is 54.1 Å². The molecule has 1 nitrogen and oxygen atoms in total. The van der Waals surface area contributed by atoms with Crippen molar-refractivity contribution in [2.45, 2.75) is 32.1 Å². The summed E-state index contributed by atoms with van der Waals surface area (Å²) in [6, 6.07) is 10.6. The Morgan fingerprint density at radius 1 is 1.00 bits per heavy atom. The molecule has 3 rings (SSSR count). The maximum absolute atomic E-state index is 11.3. The van der Waals surface area contributed by atoms with Crippen LogP contribution in [0.5, 0.6) is 0 Å². The van der Waals surface area contributed by atoms with Gasteiger partial charge in [-0.2, -0.15) is 0 Å². The van der Waals surface area contributed by atoms with Crippen LogP contribution >= 0.6 is 0 Å². The molecule has 2 aliphatic rings. The molecular formula is C17H18O. The Bertz CT molecular complexity index is 510. The molecule has 0 radical (unpaired) electrons. The molecule has 18 heavy (non-hydrogen) atoms. The number of allylic oxidation sites excluding steroid dienone is 4. The van der Waals surface area contributed by atoms with Gasteiger partial charge in [-0.15, -0.1) is 0 Å². The predicted octanol–water partition coefficient (Wildman–Crippen LogP) is 4.16. The molecule has 0 N–H and O–H groups in total. The molecule has 0 amide bonds. The lowest BCUT2D eigenvalue weighted by atomic mass is 9.70. The first-order valence-electron chi connectivity index (χ1n) is 6.77. The Morgan fingerprint density at radius 2 is 1.83 bits per heavy atom. The number of ketones is 1. The Balaban J connectivity index is 1.95. The molecule has 0 aromatic heterocycles. The molecule has 2 aliphatic carbocycles. The summed E-state index contributed by atoms with van der Waals surface area (Å²) < 4.78 is 0. The van der Waals surface area contributed by atoms with E-state index in [1.165, 1.54) is 24.0 Å². The average Bonchev–Trinajstić information content (AvgIpc) is 2.44. The minimum Gasteiger partial charge on any atom is -0.295 e. The maximum Gasteiger partial charge on any atom is 0.155 e. The Labute approximate surface area is 108 Å². The Kier molecular flexibility index (Phi) is 2.91. The van der Waals surface area contributed by atoms with Crippen molar-refractivity contribution in [3.63, 3.8) is 0 Å². The lowest BCUT2D eigenvalue weighted by Crippen LogP contribution is -2.23. The van der Waals surface area contributed by atoms with Crippen LogP contribution in [0.4, 0.5) is 0 Å². The van der Waals surface area contributed by atoms with Crippen LogP contribution in [0, 0.1) is 5.41 Å². The fourth-order valence-electron chi connectivity index (χ4n) is 3.09. The first kappa shape index (κ1) is 11.5. The normalized spacial score (nSPS) is 27.3. The van der Waals surface area contributed by atoms with Gasteiger partial charge in [-0.25, -0.2) is 0 Å². The van der Waals surface area contributed by atoms with E-state index < -0.39 is 0 Å². The van der Waals surface area contributed by atoms with Gasteiger partial charge in [-0.3, -0.25) is 4.79 Å². The van der Waals surface area contributed by atoms with Gasteiger partial charge in [0, 0.05) is 11.8 Å². The van der Waals surface area contributed by atoms with E-state index in [1.807, 2.05) is 0 Å². The van der Waals surface area contributed by atoms with E-state index in [9.17, 15) is 4.79 Å². The summed E-state index contributed by atoms with van der Waals surface area (Å²) in [5.41, 5.74) is 2.93. The topological polar surface area (TPSA) is 17.1 Å². The summed E-state index contributed by atoms with van der Waals surface area (Å²) in [4.78, 5) is 11.3. The van der Waals surface area contributed by atoms with E-state index in [0.717, 1.165) is 12.8 Å². The summed E-state index contributed by atoms with van der Waals surface area (Å²) in [6.07, 6.45) is 11.6. The first-order valence-corrected chi connectivity index (χ1v) is 6.77.